The smallest absolute Gasteiger partial charge is 0.125 e. The lowest BCUT2D eigenvalue weighted by molar-refractivity contribution is 0.348. The third kappa shape index (κ3) is 2.35. The molecule has 1 N–H and O–H groups in total. The molecule has 2 saturated carbocycles. The summed E-state index contributed by atoms with van der Waals surface area (Å²) in [4.78, 5) is 0. The first-order valence-electron chi connectivity index (χ1n) is 6.41. The highest BCUT2D eigenvalue weighted by molar-refractivity contribution is 9.10. The molecule has 92 valence electrons. The van der Waals surface area contributed by atoms with Crippen LogP contribution in [0.2, 0.25) is 0 Å². The van der Waals surface area contributed by atoms with E-state index in [-0.39, 0.29) is 5.82 Å². The number of hydrogen-bond donors (Lipinski definition) is 1. The normalized spacial score (nSPS) is 30.8. The van der Waals surface area contributed by atoms with Gasteiger partial charge in [-0.25, -0.2) is 4.39 Å². The van der Waals surface area contributed by atoms with Gasteiger partial charge in [-0.3, -0.25) is 0 Å². The van der Waals surface area contributed by atoms with E-state index in [0.29, 0.717) is 0 Å². The minimum Gasteiger partial charge on any atom is -0.384 e. The summed E-state index contributed by atoms with van der Waals surface area (Å²) in [6, 6.07) is 4.81. The maximum Gasteiger partial charge on any atom is 0.125 e. The van der Waals surface area contributed by atoms with Crippen LogP contribution in [-0.2, 0) is 0 Å². The van der Waals surface area contributed by atoms with Gasteiger partial charge in [0.15, 0.2) is 0 Å². The van der Waals surface area contributed by atoms with Crippen LogP contribution in [0.15, 0.2) is 22.7 Å². The van der Waals surface area contributed by atoms with E-state index in [2.05, 4.69) is 21.2 Å². The average molecular weight is 298 g/mol. The monoisotopic (exact) mass is 297 g/mol. The van der Waals surface area contributed by atoms with Gasteiger partial charge in [0.2, 0.25) is 0 Å². The van der Waals surface area contributed by atoms with Gasteiger partial charge in [0.1, 0.15) is 5.82 Å². The van der Waals surface area contributed by atoms with Crippen LogP contribution in [0.4, 0.5) is 10.1 Å². The molecule has 3 atom stereocenters. The molecule has 1 nitrogen and oxygen atoms in total. The summed E-state index contributed by atoms with van der Waals surface area (Å²) in [5, 5.41) is 3.39. The molecule has 0 aromatic heterocycles. The molecule has 2 aliphatic carbocycles. The van der Waals surface area contributed by atoms with Crippen LogP contribution >= 0.6 is 15.9 Å². The first-order chi connectivity index (χ1) is 8.22. The Morgan fingerprint density at radius 1 is 1.29 bits per heavy atom. The second kappa shape index (κ2) is 4.60. The fraction of sp³-hybridized carbons (Fsp3) is 0.571. The molecule has 0 heterocycles. The molecule has 2 aliphatic rings. The highest BCUT2D eigenvalue weighted by Gasteiger charge is 2.39. The zero-order valence-corrected chi connectivity index (χ0v) is 11.3. The van der Waals surface area contributed by atoms with Gasteiger partial charge in [-0.15, -0.1) is 0 Å². The second-order valence-electron chi connectivity index (χ2n) is 5.44. The van der Waals surface area contributed by atoms with Crippen molar-refractivity contribution in [3.05, 3.63) is 28.5 Å². The quantitative estimate of drug-likeness (QED) is 0.870. The van der Waals surface area contributed by atoms with Crippen molar-refractivity contribution in [2.45, 2.75) is 25.7 Å². The van der Waals surface area contributed by atoms with Gasteiger partial charge in [-0.05, 0) is 71.1 Å². The Bertz CT molecular complexity index is 421. The van der Waals surface area contributed by atoms with Crippen LogP contribution in [0, 0.1) is 23.6 Å². The summed E-state index contributed by atoms with van der Waals surface area (Å²) in [7, 11) is 0. The Morgan fingerprint density at radius 3 is 2.88 bits per heavy atom. The van der Waals surface area contributed by atoms with E-state index < -0.39 is 0 Å². The average Bonchev–Trinajstić information content (AvgIpc) is 2.92. The van der Waals surface area contributed by atoms with E-state index in [1.54, 1.807) is 12.1 Å². The molecule has 0 saturated heterocycles. The topological polar surface area (TPSA) is 12.0 Å². The molecule has 3 heteroatoms. The molecule has 0 aliphatic heterocycles. The SMILES string of the molecule is Fc1ccc(Br)c(NCC2CC3CCC2C3)c1. The van der Waals surface area contributed by atoms with E-state index in [0.717, 1.165) is 34.5 Å². The third-order valence-corrected chi connectivity index (χ3v) is 5.06. The van der Waals surface area contributed by atoms with Crippen molar-refractivity contribution in [1.29, 1.82) is 0 Å². The molecule has 17 heavy (non-hydrogen) atoms. The molecule has 0 spiro atoms. The second-order valence-corrected chi connectivity index (χ2v) is 6.29. The van der Waals surface area contributed by atoms with Gasteiger partial charge in [-0.1, -0.05) is 6.42 Å². The van der Waals surface area contributed by atoms with Gasteiger partial charge in [0.25, 0.3) is 0 Å². The van der Waals surface area contributed by atoms with Gasteiger partial charge >= 0.3 is 0 Å². The predicted molar refractivity (Wildman–Crippen MR) is 71.5 cm³/mol. The fourth-order valence-electron chi connectivity index (χ4n) is 3.50. The highest BCUT2D eigenvalue weighted by atomic mass is 79.9. The summed E-state index contributed by atoms with van der Waals surface area (Å²) in [6.45, 7) is 0.989. The first-order valence-corrected chi connectivity index (χ1v) is 7.20. The lowest BCUT2D eigenvalue weighted by atomic mass is 9.89. The zero-order chi connectivity index (χ0) is 11.8. The van der Waals surface area contributed by atoms with E-state index in [1.807, 2.05) is 0 Å². The standard InChI is InChI=1S/C14H17BrFN/c15-13-4-3-12(16)7-14(13)17-8-11-6-9-1-2-10(11)5-9/h3-4,7,9-11,17H,1-2,5-6,8H2. The van der Waals surface area contributed by atoms with E-state index in [1.165, 1.54) is 31.7 Å². The Labute approximate surface area is 110 Å². The van der Waals surface area contributed by atoms with E-state index in [4.69, 9.17) is 0 Å². The molecule has 2 bridgehead atoms. The molecule has 3 unspecified atom stereocenters. The Balaban J connectivity index is 1.62. The molecule has 0 amide bonds. The molecule has 1 aromatic carbocycles. The van der Waals surface area contributed by atoms with Crippen molar-refractivity contribution in [3.63, 3.8) is 0 Å². The predicted octanol–water partition coefficient (Wildman–Crippen LogP) is 4.44. The summed E-state index contributed by atoms with van der Waals surface area (Å²) in [5.74, 6) is 2.51. The molecule has 2 fully saturated rings. The largest absolute Gasteiger partial charge is 0.384 e. The number of anilines is 1. The van der Waals surface area contributed by atoms with Crippen LogP contribution in [-0.4, -0.2) is 6.54 Å². The Hall–Kier alpha value is -0.570. The summed E-state index contributed by atoms with van der Waals surface area (Å²) >= 11 is 3.45. The van der Waals surface area contributed by atoms with Crippen molar-refractivity contribution in [2.75, 3.05) is 11.9 Å². The van der Waals surface area contributed by atoms with Crippen LogP contribution in [0.5, 0.6) is 0 Å². The van der Waals surface area contributed by atoms with Crippen molar-refractivity contribution in [3.8, 4) is 0 Å². The molecular weight excluding hydrogens is 281 g/mol. The minimum absolute atomic E-state index is 0.177. The number of halogens is 2. The number of benzene rings is 1. The van der Waals surface area contributed by atoms with Crippen molar-refractivity contribution in [2.24, 2.45) is 17.8 Å². The van der Waals surface area contributed by atoms with Gasteiger partial charge < -0.3 is 5.32 Å². The molecule has 0 radical (unpaired) electrons. The zero-order valence-electron chi connectivity index (χ0n) is 9.76. The van der Waals surface area contributed by atoms with Gasteiger partial charge in [0.05, 0.1) is 5.69 Å². The Kier molecular flexibility index (Phi) is 3.12. The number of hydrogen-bond acceptors (Lipinski definition) is 1. The van der Waals surface area contributed by atoms with Crippen LogP contribution in [0.3, 0.4) is 0 Å². The van der Waals surface area contributed by atoms with Crippen molar-refractivity contribution < 1.29 is 4.39 Å². The number of rotatable bonds is 3. The van der Waals surface area contributed by atoms with Crippen molar-refractivity contribution >= 4 is 21.6 Å². The van der Waals surface area contributed by atoms with E-state index >= 15 is 0 Å². The van der Waals surface area contributed by atoms with Crippen LogP contribution in [0.1, 0.15) is 25.7 Å². The fourth-order valence-corrected chi connectivity index (χ4v) is 3.89. The van der Waals surface area contributed by atoms with Gasteiger partial charge in [-0.2, -0.15) is 0 Å². The van der Waals surface area contributed by atoms with Crippen molar-refractivity contribution in [1.82, 2.24) is 0 Å². The maximum atomic E-state index is 13.1. The Morgan fingerprint density at radius 2 is 2.18 bits per heavy atom. The minimum atomic E-state index is -0.177. The van der Waals surface area contributed by atoms with Crippen LogP contribution < -0.4 is 5.32 Å². The first kappa shape index (κ1) is 11.5. The summed E-state index contributed by atoms with van der Waals surface area (Å²) in [5.41, 5.74) is 0.882. The lowest BCUT2D eigenvalue weighted by Gasteiger charge is -2.22. The number of nitrogens with one attached hydrogen (secondary N) is 1. The third-order valence-electron chi connectivity index (χ3n) is 4.37. The summed E-state index contributed by atoms with van der Waals surface area (Å²) in [6.07, 6.45) is 5.63. The highest BCUT2D eigenvalue weighted by Crippen LogP contribution is 2.48. The molecule has 3 rings (SSSR count). The molecule has 1 aromatic rings. The van der Waals surface area contributed by atoms with Gasteiger partial charge in [0, 0.05) is 11.0 Å². The summed E-state index contributed by atoms with van der Waals surface area (Å²) < 4.78 is 14.1. The van der Waals surface area contributed by atoms with Crippen LogP contribution in [0.25, 0.3) is 0 Å². The van der Waals surface area contributed by atoms with E-state index in [9.17, 15) is 4.39 Å². The maximum absolute atomic E-state index is 13.1. The number of fused-ring (bicyclic) bond motifs is 2. The lowest BCUT2D eigenvalue weighted by Crippen LogP contribution is -2.20. The molecular formula is C14H17BrFN.